The zero-order chi connectivity index (χ0) is 13.6. The van der Waals surface area contributed by atoms with Gasteiger partial charge in [-0.25, -0.2) is 0 Å². The van der Waals surface area contributed by atoms with Crippen molar-refractivity contribution in [2.75, 3.05) is 13.7 Å². The van der Waals surface area contributed by atoms with Gasteiger partial charge < -0.3 is 4.74 Å². The van der Waals surface area contributed by atoms with Crippen LogP contribution in [0.1, 0.15) is 24.2 Å². The number of esters is 1. The van der Waals surface area contributed by atoms with E-state index in [4.69, 9.17) is 0 Å². The van der Waals surface area contributed by atoms with Gasteiger partial charge in [0.05, 0.1) is 12.5 Å². The third kappa shape index (κ3) is 3.80. The molecule has 1 aromatic rings. The summed E-state index contributed by atoms with van der Waals surface area (Å²) in [5.74, 6) is -0.453. The Bertz CT molecular complexity index is 449. The van der Waals surface area contributed by atoms with Crippen molar-refractivity contribution in [1.82, 2.24) is 0 Å². The molecule has 0 radical (unpaired) electrons. The highest BCUT2D eigenvalue weighted by molar-refractivity contribution is 6.09. The van der Waals surface area contributed by atoms with Crippen molar-refractivity contribution in [2.24, 2.45) is 10.4 Å². The van der Waals surface area contributed by atoms with E-state index in [1.165, 1.54) is 13.3 Å². The fraction of sp³-hybridized carbons (Fsp3) is 0.357. The van der Waals surface area contributed by atoms with E-state index < -0.39 is 11.4 Å². The summed E-state index contributed by atoms with van der Waals surface area (Å²) < 4.78 is 4.47. The van der Waals surface area contributed by atoms with Crippen LogP contribution in [0.4, 0.5) is 0 Å². The van der Waals surface area contributed by atoms with E-state index in [1.54, 1.807) is 26.0 Å². The van der Waals surface area contributed by atoms with Crippen LogP contribution in [0, 0.1) is 5.41 Å². The Morgan fingerprint density at radius 2 is 1.89 bits per heavy atom. The lowest BCUT2D eigenvalue weighted by molar-refractivity contribution is -0.138. The van der Waals surface area contributed by atoms with E-state index in [0.717, 1.165) is 0 Å². The molecule has 0 aliphatic carbocycles. The molecule has 0 spiro atoms. The monoisotopic (exact) mass is 247 g/mol. The highest BCUT2D eigenvalue weighted by Gasteiger charge is 2.26. The number of methoxy groups -OCH3 is 1. The fourth-order valence-electron chi connectivity index (χ4n) is 1.43. The van der Waals surface area contributed by atoms with Crippen LogP contribution < -0.4 is 0 Å². The first kappa shape index (κ1) is 14.1. The summed E-state index contributed by atoms with van der Waals surface area (Å²) in [6, 6.07) is 9.01. The normalized spacial score (nSPS) is 11.5. The SMILES string of the molecule is COC(=O)CN=CC(C)(C)C(=O)c1ccccc1. The molecule has 0 heterocycles. The van der Waals surface area contributed by atoms with Gasteiger partial charge in [0.2, 0.25) is 0 Å². The van der Waals surface area contributed by atoms with Crippen molar-refractivity contribution < 1.29 is 14.3 Å². The number of carbonyl (C=O) groups excluding carboxylic acids is 2. The Labute approximate surface area is 107 Å². The second-order valence-electron chi connectivity index (χ2n) is 4.46. The van der Waals surface area contributed by atoms with Gasteiger partial charge in [0.15, 0.2) is 5.78 Å². The third-order valence-corrected chi connectivity index (χ3v) is 2.48. The zero-order valence-electron chi connectivity index (χ0n) is 10.8. The van der Waals surface area contributed by atoms with Gasteiger partial charge in [0.25, 0.3) is 0 Å². The average Bonchev–Trinajstić information content (AvgIpc) is 2.38. The van der Waals surface area contributed by atoms with E-state index in [1.807, 2.05) is 18.2 Å². The average molecular weight is 247 g/mol. The molecule has 18 heavy (non-hydrogen) atoms. The number of rotatable bonds is 5. The minimum absolute atomic E-state index is 0.0308. The van der Waals surface area contributed by atoms with Gasteiger partial charge in [-0.15, -0.1) is 0 Å². The van der Waals surface area contributed by atoms with Crippen LogP contribution >= 0.6 is 0 Å². The van der Waals surface area contributed by atoms with E-state index in [0.29, 0.717) is 5.56 Å². The lowest BCUT2D eigenvalue weighted by Gasteiger charge is -2.17. The maximum absolute atomic E-state index is 12.2. The highest BCUT2D eigenvalue weighted by atomic mass is 16.5. The van der Waals surface area contributed by atoms with Crippen LogP contribution in [-0.4, -0.2) is 31.6 Å². The predicted octanol–water partition coefficient (Wildman–Crippen LogP) is 2.14. The number of benzene rings is 1. The smallest absolute Gasteiger partial charge is 0.327 e. The van der Waals surface area contributed by atoms with Crippen molar-refractivity contribution in [3.63, 3.8) is 0 Å². The summed E-state index contributed by atoms with van der Waals surface area (Å²) in [6.45, 7) is 3.47. The number of ketones is 1. The van der Waals surface area contributed by atoms with Crippen LogP contribution in [-0.2, 0) is 9.53 Å². The third-order valence-electron chi connectivity index (χ3n) is 2.48. The number of ether oxygens (including phenoxy) is 1. The van der Waals surface area contributed by atoms with Crippen molar-refractivity contribution in [1.29, 1.82) is 0 Å². The molecule has 4 nitrogen and oxygen atoms in total. The van der Waals surface area contributed by atoms with Crippen LogP contribution in [0.5, 0.6) is 0 Å². The number of aliphatic imine (C=N–C) groups is 1. The Balaban J connectivity index is 2.74. The van der Waals surface area contributed by atoms with Gasteiger partial charge in [-0.2, -0.15) is 0 Å². The number of Topliss-reactive ketones (excluding diaryl/α,β-unsaturated/α-hetero) is 1. The van der Waals surface area contributed by atoms with Gasteiger partial charge in [-0.05, 0) is 13.8 Å². The van der Waals surface area contributed by atoms with Crippen molar-refractivity contribution in [3.05, 3.63) is 35.9 Å². The Hall–Kier alpha value is -1.97. The molecular formula is C14H17NO3. The molecule has 0 aromatic heterocycles. The topological polar surface area (TPSA) is 55.7 Å². The first-order chi connectivity index (χ1) is 8.47. The Morgan fingerprint density at radius 3 is 2.44 bits per heavy atom. The standard InChI is InChI=1S/C14H17NO3/c1-14(2,10-15-9-12(16)18-3)13(17)11-7-5-4-6-8-11/h4-8,10H,9H2,1-3H3. The predicted molar refractivity (Wildman–Crippen MR) is 69.9 cm³/mol. The zero-order valence-corrected chi connectivity index (χ0v) is 10.8. The van der Waals surface area contributed by atoms with Crippen molar-refractivity contribution in [3.8, 4) is 0 Å². The van der Waals surface area contributed by atoms with Gasteiger partial charge in [-0.3, -0.25) is 14.6 Å². The molecule has 0 atom stereocenters. The number of hydrogen-bond donors (Lipinski definition) is 0. The minimum Gasteiger partial charge on any atom is -0.468 e. The molecule has 0 fully saturated rings. The molecule has 0 bridgehead atoms. The molecule has 1 aromatic carbocycles. The van der Waals surface area contributed by atoms with E-state index in [2.05, 4.69) is 9.73 Å². The number of nitrogens with zero attached hydrogens (tertiary/aromatic N) is 1. The van der Waals surface area contributed by atoms with Gasteiger partial charge in [-0.1, -0.05) is 30.3 Å². The number of carbonyl (C=O) groups is 2. The summed E-state index contributed by atoms with van der Waals surface area (Å²) >= 11 is 0. The molecule has 0 unspecified atom stereocenters. The second kappa shape index (κ2) is 6.10. The van der Waals surface area contributed by atoms with Crippen molar-refractivity contribution >= 4 is 18.0 Å². The van der Waals surface area contributed by atoms with E-state index in [-0.39, 0.29) is 12.3 Å². The quantitative estimate of drug-likeness (QED) is 0.455. The summed E-state index contributed by atoms with van der Waals surface area (Å²) in [6.07, 6.45) is 1.50. The van der Waals surface area contributed by atoms with Gasteiger partial charge >= 0.3 is 5.97 Å². The maximum Gasteiger partial charge on any atom is 0.327 e. The van der Waals surface area contributed by atoms with Crippen LogP contribution in [0.2, 0.25) is 0 Å². The molecule has 0 saturated heterocycles. The molecule has 1 rings (SSSR count). The summed E-state index contributed by atoms with van der Waals surface area (Å²) in [5, 5.41) is 0. The molecular weight excluding hydrogens is 230 g/mol. The lowest BCUT2D eigenvalue weighted by atomic mass is 9.85. The second-order valence-corrected chi connectivity index (χ2v) is 4.46. The maximum atomic E-state index is 12.2. The van der Waals surface area contributed by atoms with Crippen LogP contribution in [0.3, 0.4) is 0 Å². The lowest BCUT2D eigenvalue weighted by Crippen LogP contribution is -2.26. The molecule has 4 heteroatoms. The van der Waals surface area contributed by atoms with E-state index in [9.17, 15) is 9.59 Å². The number of hydrogen-bond acceptors (Lipinski definition) is 4. The first-order valence-corrected chi connectivity index (χ1v) is 5.65. The molecule has 0 amide bonds. The summed E-state index contributed by atoms with van der Waals surface area (Å²) in [5.41, 5.74) is -0.109. The van der Waals surface area contributed by atoms with Crippen LogP contribution in [0.15, 0.2) is 35.3 Å². The largest absolute Gasteiger partial charge is 0.468 e. The minimum atomic E-state index is -0.741. The Morgan fingerprint density at radius 1 is 1.28 bits per heavy atom. The molecule has 0 aliphatic rings. The highest BCUT2D eigenvalue weighted by Crippen LogP contribution is 2.19. The van der Waals surface area contributed by atoms with Gasteiger partial charge in [0.1, 0.15) is 6.54 Å². The van der Waals surface area contributed by atoms with E-state index >= 15 is 0 Å². The first-order valence-electron chi connectivity index (χ1n) is 5.65. The fourth-order valence-corrected chi connectivity index (χ4v) is 1.43. The van der Waals surface area contributed by atoms with Gasteiger partial charge in [0, 0.05) is 11.8 Å². The molecule has 96 valence electrons. The Kier molecular flexibility index (Phi) is 4.77. The summed E-state index contributed by atoms with van der Waals surface area (Å²) in [4.78, 5) is 27.1. The van der Waals surface area contributed by atoms with Crippen molar-refractivity contribution in [2.45, 2.75) is 13.8 Å². The summed E-state index contributed by atoms with van der Waals surface area (Å²) in [7, 11) is 1.30. The molecule has 0 N–H and O–H groups in total. The molecule has 0 saturated carbocycles. The molecule has 0 aliphatic heterocycles. The van der Waals surface area contributed by atoms with Crippen LogP contribution in [0.25, 0.3) is 0 Å².